The highest BCUT2D eigenvalue weighted by molar-refractivity contribution is 8.02. The molecule has 5 nitrogen and oxygen atoms in total. The van der Waals surface area contributed by atoms with Gasteiger partial charge in [0.15, 0.2) is 17.5 Å². The Morgan fingerprint density at radius 3 is 2.00 bits per heavy atom. The molecule has 0 radical (unpaired) electrons. The van der Waals surface area contributed by atoms with E-state index in [4.69, 9.17) is 86.3 Å². The van der Waals surface area contributed by atoms with Gasteiger partial charge in [-0.05, 0) is 23.6 Å². The first-order valence-corrected chi connectivity index (χ1v) is 10.2. The Bertz CT molecular complexity index is 865. The number of nitrogens with zero attached hydrogens (tertiary/aromatic N) is 3. The molecule has 0 saturated heterocycles. The van der Waals surface area contributed by atoms with Crippen LogP contribution in [0.4, 0.5) is 0 Å². The van der Waals surface area contributed by atoms with Crippen molar-refractivity contribution in [3.8, 4) is 11.4 Å². The third-order valence-electron chi connectivity index (χ3n) is 2.74. The molecule has 0 unspecified atom stereocenters. The summed E-state index contributed by atoms with van der Waals surface area (Å²) >= 11 is 42.4. The molecule has 2 aromatic rings. The van der Waals surface area contributed by atoms with Gasteiger partial charge in [0.25, 0.3) is 0 Å². The first kappa shape index (κ1) is 23.1. The van der Waals surface area contributed by atoms with Gasteiger partial charge >= 0.3 is 5.97 Å². The predicted molar refractivity (Wildman–Crippen MR) is 111 cm³/mol. The minimum absolute atomic E-state index is 0.0761. The van der Waals surface area contributed by atoms with Gasteiger partial charge in [-0.25, -0.2) is 19.7 Å². The highest BCUT2D eigenvalue weighted by Gasteiger charge is 2.34. The van der Waals surface area contributed by atoms with Crippen molar-refractivity contribution >= 4 is 98.9 Å². The molecular formula is C14H6Cl7N3O2S. The summed E-state index contributed by atoms with van der Waals surface area (Å²) in [5, 5.41) is 10.3. The van der Waals surface area contributed by atoms with Crippen LogP contribution >= 0.6 is 93.0 Å². The Morgan fingerprint density at radius 2 is 1.56 bits per heavy atom. The molecule has 0 amide bonds. The van der Waals surface area contributed by atoms with Gasteiger partial charge in [-0.1, -0.05) is 93.0 Å². The van der Waals surface area contributed by atoms with Crippen LogP contribution in [0.2, 0.25) is 5.02 Å². The Kier molecular flexibility index (Phi) is 7.78. The van der Waals surface area contributed by atoms with Crippen molar-refractivity contribution in [2.24, 2.45) is 0 Å². The van der Waals surface area contributed by atoms with E-state index in [1.165, 1.54) is 11.5 Å². The van der Waals surface area contributed by atoms with E-state index in [-0.39, 0.29) is 17.5 Å². The van der Waals surface area contributed by atoms with Crippen LogP contribution in [0.5, 0.6) is 0 Å². The summed E-state index contributed by atoms with van der Waals surface area (Å²) < 4.78 is -3.94. The van der Waals surface area contributed by atoms with Crippen LogP contribution in [0.3, 0.4) is 0 Å². The third-order valence-corrected chi connectivity index (χ3v) is 5.06. The molecule has 0 atom stereocenters. The highest BCUT2D eigenvalue weighted by atomic mass is 35.6. The molecule has 0 bridgehead atoms. The number of carboxylic acid groups (broad SMARTS) is 1. The molecule has 0 saturated carbocycles. The first-order valence-electron chi connectivity index (χ1n) is 6.64. The van der Waals surface area contributed by atoms with Gasteiger partial charge < -0.3 is 5.11 Å². The van der Waals surface area contributed by atoms with Gasteiger partial charge in [0.1, 0.15) is 0 Å². The number of thioether (sulfide) groups is 1. The van der Waals surface area contributed by atoms with E-state index < -0.39 is 13.6 Å². The second-order valence-electron chi connectivity index (χ2n) is 4.71. The smallest absolute Gasteiger partial charge is 0.328 e. The number of aliphatic carboxylic acids is 1. The van der Waals surface area contributed by atoms with Gasteiger partial charge in [0.2, 0.25) is 7.59 Å². The highest BCUT2D eigenvalue weighted by Crippen LogP contribution is 2.41. The molecule has 0 aliphatic rings. The first-order chi connectivity index (χ1) is 12.4. The predicted octanol–water partition coefficient (Wildman–Crippen LogP) is 6.54. The number of hydrogen-bond acceptors (Lipinski definition) is 5. The minimum atomic E-state index is -1.97. The topological polar surface area (TPSA) is 76.0 Å². The average Bonchev–Trinajstić information content (AvgIpc) is 2.54. The molecule has 13 heteroatoms. The molecule has 0 aliphatic carbocycles. The molecule has 1 aromatic heterocycles. The van der Waals surface area contributed by atoms with Crippen molar-refractivity contribution < 1.29 is 9.90 Å². The molecule has 1 N–H and O–H groups in total. The molecule has 0 fully saturated rings. The molecule has 0 spiro atoms. The zero-order valence-electron chi connectivity index (χ0n) is 12.6. The number of rotatable bonds is 4. The zero-order chi connectivity index (χ0) is 20.4. The molecule has 144 valence electrons. The summed E-state index contributed by atoms with van der Waals surface area (Å²) in [7, 11) is 0. The van der Waals surface area contributed by atoms with Crippen LogP contribution < -0.4 is 0 Å². The maximum absolute atomic E-state index is 10.5. The molecule has 0 aliphatic heterocycles. The molecule has 1 aromatic carbocycles. The van der Waals surface area contributed by atoms with Crippen molar-refractivity contribution in [3.63, 3.8) is 0 Å². The van der Waals surface area contributed by atoms with Crippen LogP contribution in [0, 0.1) is 0 Å². The summed E-state index contributed by atoms with van der Waals surface area (Å²) in [4.78, 5) is 23.2. The summed E-state index contributed by atoms with van der Waals surface area (Å²) in [6.45, 7) is 0. The maximum Gasteiger partial charge on any atom is 0.328 e. The lowest BCUT2D eigenvalue weighted by Crippen LogP contribution is -2.16. The van der Waals surface area contributed by atoms with Gasteiger partial charge in [0, 0.05) is 16.5 Å². The second kappa shape index (κ2) is 9.09. The molecular weight excluding hydrogens is 522 g/mol. The number of alkyl halides is 6. The maximum atomic E-state index is 10.5. The van der Waals surface area contributed by atoms with Gasteiger partial charge in [-0.15, -0.1) is 0 Å². The molecule has 1 heterocycles. The van der Waals surface area contributed by atoms with Gasteiger partial charge in [-0.2, -0.15) is 0 Å². The van der Waals surface area contributed by atoms with Gasteiger partial charge in [0.05, 0.1) is 5.02 Å². The van der Waals surface area contributed by atoms with Crippen molar-refractivity contribution in [1.29, 1.82) is 0 Å². The number of hydrogen-bond donors (Lipinski definition) is 1. The lowest BCUT2D eigenvalue weighted by Gasteiger charge is -2.15. The largest absolute Gasteiger partial charge is 0.478 e. The van der Waals surface area contributed by atoms with E-state index in [1.807, 2.05) is 0 Å². The van der Waals surface area contributed by atoms with E-state index >= 15 is 0 Å². The van der Waals surface area contributed by atoms with Crippen LogP contribution in [0.15, 0.2) is 34.6 Å². The molecule has 2 rings (SSSR count). The van der Waals surface area contributed by atoms with Gasteiger partial charge in [-0.3, -0.25) is 0 Å². The summed E-state index contributed by atoms with van der Waals surface area (Å²) in [5.74, 6) is -1.44. The lowest BCUT2D eigenvalue weighted by atomic mass is 10.2. The van der Waals surface area contributed by atoms with Crippen molar-refractivity contribution in [2.45, 2.75) is 12.5 Å². The van der Waals surface area contributed by atoms with Crippen LogP contribution in [0.25, 0.3) is 11.4 Å². The van der Waals surface area contributed by atoms with Crippen molar-refractivity contribution in [2.75, 3.05) is 0 Å². The van der Waals surface area contributed by atoms with Crippen LogP contribution in [-0.2, 0) is 12.4 Å². The minimum Gasteiger partial charge on any atom is -0.478 e. The van der Waals surface area contributed by atoms with E-state index in [1.54, 1.807) is 12.1 Å². The number of carboxylic acids is 1. The Hall–Kier alpha value is -0.180. The normalized spacial score (nSPS) is 12.6. The summed E-state index contributed by atoms with van der Waals surface area (Å²) in [5.41, 5.74) is 0.444. The third kappa shape index (κ3) is 6.68. The standard InChI is InChI=1S/C14H6Cl7N3O2S/c15-7-5-6(1-2-8(7)27-4-3-9(25)26)10-22-11(13(16,17)18)24-12(23-10)14(19,20)21/h1-5H,(H,25,26). The van der Waals surface area contributed by atoms with Crippen LogP contribution in [0.1, 0.15) is 11.6 Å². The Balaban J connectivity index is 2.48. The second-order valence-corrected chi connectivity index (χ2v) is 10.6. The number of benzene rings is 1. The lowest BCUT2D eigenvalue weighted by molar-refractivity contribution is -0.131. The summed E-state index contributed by atoms with van der Waals surface area (Å²) in [6.07, 6.45) is 0.988. The van der Waals surface area contributed by atoms with Crippen molar-refractivity contribution in [1.82, 2.24) is 15.0 Å². The monoisotopic (exact) mass is 525 g/mol. The average molecular weight is 528 g/mol. The van der Waals surface area contributed by atoms with Crippen LogP contribution in [-0.4, -0.2) is 26.0 Å². The fourth-order valence-electron chi connectivity index (χ4n) is 1.66. The number of carbonyl (C=O) groups is 1. The summed E-state index contributed by atoms with van der Waals surface area (Å²) in [6, 6.07) is 4.81. The Labute approximate surface area is 192 Å². The van der Waals surface area contributed by atoms with E-state index in [2.05, 4.69) is 15.0 Å². The fraction of sp³-hybridized carbons (Fsp3) is 0.143. The number of halogens is 7. The zero-order valence-corrected chi connectivity index (χ0v) is 18.7. The van der Waals surface area contributed by atoms with E-state index in [0.29, 0.717) is 15.5 Å². The van der Waals surface area contributed by atoms with E-state index in [9.17, 15) is 4.79 Å². The number of aromatic nitrogens is 3. The SMILES string of the molecule is O=C(O)C=CSc1ccc(-c2nc(C(Cl)(Cl)Cl)nc(C(Cl)(Cl)Cl)n2)cc1Cl. The quantitative estimate of drug-likeness (QED) is 0.276. The van der Waals surface area contributed by atoms with Crippen molar-refractivity contribution in [3.05, 3.63) is 46.4 Å². The fourth-order valence-corrected chi connectivity index (χ4v) is 3.13. The molecule has 27 heavy (non-hydrogen) atoms. The Morgan fingerprint density at radius 1 is 1.00 bits per heavy atom. The van der Waals surface area contributed by atoms with E-state index in [0.717, 1.165) is 17.8 Å².